The Hall–Kier alpha value is -0.710. The molecular weight excluding hydrogens is 489 g/mol. The molecule has 0 unspecified atom stereocenters. The van der Waals surface area contributed by atoms with Gasteiger partial charge in [0.2, 0.25) is 0 Å². The summed E-state index contributed by atoms with van der Waals surface area (Å²) < 4.78 is 0. The quantitative estimate of drug-likeness (QED) is 0.333. The lowest BCUT2D eigenvalue weighted by molar-refractivity contribution is 0.179. The Morgan fingerprint density at radius 3 is 2.78 bits per heavy atom. The maximum absolute atomic E-state index is 4.41. The van der Waals surface area contributed by atoms with Crippen LogP contribution in [0.3, 0.4) is 0 Å². The number of aliphatic imine (C=N–C) groups is 1. The van der Waals surface area contributed by atoms with Crippen LogP contribution in [-0.4, -0.2) is 49.1 Å². The molecule has 0 spiro atoms. The van der Waals surface area contributed by atoms with Gasteiger partial charge in [0.15, 0.2) is 5.96 Å². The molecule has 2 N–H and O–H groups in total. The van der Waals surface area contributed by atoms with Crippen LogP contribution in [0.4, 0.5) is 0 Å². The lowest BCUT2D eigenvalue weighted by Crippen LogP contribution is -2.43. The van der Waals surface area contributed by atoms with Crippen molar-refractivity contribution >= 4 is 52.6 Å². The van der Waals surface area contributed by atoms with Gasteiger partial charge < -0.3 is 10.6 Å². The third kappa shape index (κ3) is 7.67. The van der Waals surface area contributed by atoms with Gasteiger partial charge in [-0.1, -0.05) is 6.07 Å². The molecule has 8 heteroatoms. The smallest absolute Gasteiger partial charge is 0.190 e. The van der Waals surface area contributed by atoms with Crippen molar-refractivity contribution in [2.45, 2.75) is 32.7 Å². The van der Waals surface area contributed by atoms with Crippen LogP contribution in [0.25, 0.3) is 0 Å². The average Bonchev–Trinajstić information content (AvgIpc) is 3.31. The number of thiazole rings is 1. The number of halogens is 1. The van der Waals surface area contributed by atoms with Crippen molar-refractivity contribution in [3.05, 3.63) is 38.5 Å². The van der Waals surface area contributed by atoms with E-state index < -0.39 is 0 Å². The fraction of sp³-hybridized carbons (Fsp3) is 0.579. The van der Waals surface area contributed by atoms with Crippen LogP contribution in [0, 0.1) is 12.8 Å². The van der Waals surface area contributed by atoms with E-state index in [4.69, 9.17) is 0 Å². The number of aryl methyl sites for hydroxylation is 1. The topological polar surface area (TPSA) is 52.6 Å². The zero-order valence-electron chi connectivity index (χ0n) is 16.1. The molecule has 2 aromatic heterocycles. The number of nitrogens with one attached hydrogen (secondary N) is 2. The Kier molecular flexibility index (Phi) is 10.0. The highest BCUT2D eigenvalue weighted by atomic mass is 127. The van der Waals surface area contributed by atoms with Gasteiger partial charge in [0, 0.05) is 49.1 Å². The fourth-order valence-corrected chi connectivity index (χ4v) is 4.77. The van der Waals surface area contributed by atoms with Gasteiger partial charge in [-0.2, -0.15) is 0 Å². The number of likely N-dealkylation sites (tertiary alicyclic amines) is 1. The molecule has 0 aliphatic carbocycles. The number of rotatable bonds is 7. The SMILES string of the molecule is CN=C(NCCc1ncc(C)s1)NCC1CCN(Cc2cccs2)CC1.I. The third-order valence-corrected chi connectivity index (χ3v) is 6.58. The summed E-state index contributed by atoms with van der Waals surface area (Å²) in [5.74, 6) is 1.63. The summed E-state index contributed by atoms with van der Waals surface area (Å²) in [4.78, 5) is 14.1. The van der Waals surface area contributed by atoms with Crippen molar-refractivity contribution in [3.8, 4) is 0 Å². The van der Waals surface area contributed by atoms with Gasteiger partial charge in [0.05, 0.1) is 5.01 Å². The van der Waals surface area contributed by atoms with Crippen LogP contribution in [0.15, 0.2) is 28.7 Å². The number of aromatic nitrogens is 1. The molecule has 0 saturated carbocycles. The van der Waals surface area contributed by atoms with E-state index in [1.807, 2.05) is 24.6 Å². The minimum atomic E-state index is 0. The molecule has 0 amide bonds. The standard InChI is InChI=1S/C19H29N5S2.HI/c1-15-12-22-18(26-15)5-8-21-19(20-2)23-13-16-6-9-24(10-7-16)14-17-4-3-11-25-17;/h3-4,11-12,16H,5-10,13-14H2,1-2H3,(H2,20,21,23);1H. The van der Waals surface area contributed by atoms with Crippen LogP contribution < -0.4 is 10.6 Å². The maximum Gasteiger partial charge on any atom is 0.190 e. The first kappa shape index (κ1) is 22.6. The number of hydrogen-bond donors (Lipinski definition) is 2. The highest BCUT2D eigenvalue weighted by Crippen LogP contribution is 2.20. The molecule has 1 aliphatic heterocycles. The van der Waals surface area contributed by atoms with Crippen molar-refractivity contribution in [2.24, 2.45) is 10.9 Å². The maximum atomic E-state index is 4.41. The number of hydrogen-bond acceptors (Lipinski definition) is 5. The first-order chi connectivity index (χ1) is 12.7. The van der Waals surface area contributed by atoms with E-state index in [1.165, 1.54) is 40.7 Å². The van der Waals surface area contributed by atoms with Gasteiger partial charge in [-0.25, -0.2) is 4.98 Å². The van der Waals surface area contributed by atoms with Gasteiger partial charge in [-0.3, -0.25) is 9.89 Å². The zero-order valence-corrected chi connectivity index (χ0v) is 20.1. The first-order valence-corrected chi connectivity index (χ1v) is 11.0. The van der Waals surface area contributed by atoms with Gasteiger partial charge in [0.1, 0.15) is 0 Å². The summed E-state index contributed by atoms with van der Waals surface area (Å²) in [6.07, 6.45) is 5.40. The Morgan fingerprint density at radius 2 is 2.15 bits per heavy atom. The minimum absolute atomic E-state index is 0. The minimum Gasteiger partial charge on any atom is -0.356 e. The van der Waals surface area contributed by atoms with E-state index >= 15 is 0 Å². The molecule has 3 rings (SSSR count). The van der Waals surface area contributed by atoms with E-state index in [1.54, 1.807) is 11.3 Å². The van der Waals surface area contributed by atoms with Crippen LogP contribution in [-0.2, 0) is 13.0 Å². The lowest BCUT2D eigenvalue weighted by atomic mass is 9.97. The molecule has 0 atom stereocenters. The van der Waals surface area contributed by atoms with Gasteiger partial charge >= 0.3 is 0 Å². The molecule has 2 aromatic rings. The van der Waals surface area contributed by atoms with E-state index in [0.717, 1.165) is 37.9 Å². The second-order valence-electron chi connectivity index (χ2n) is 6.79. The normalized spacial score (nSPS) is 16.1. The van der Waals surface area contributed by atoms with Crippen molar-refractivity contribution in [1.29, 1.82) is 0 Å². The average molecular weight is 520 g/mol. The molecule has 1 aliphatic rings. The summed E-state index contributed by atoms with van der Waals surface area (Å²) in [5.41, 5.74) is 0. The third-order valence-electron chi connectivity index (χ3n) is 4.75. The highest BCUT2D eigenvalue weighted by molar-refractivity contribution is 14.0. The van der Waals surface area contributed by atoms with Gasteiger partial charge in [-0.05, 0) is 50.2 Å². The molecule has 27 heavy (non-hydrogen) atoms. The van der Waals surface area contributed by atoms with Gasteiger partial charge in [0.25, 0.3) is 0 Å². The Balaban J connectivity index is 0.00000261. The van der Waals surface area contributed by atoms with Crippen LogP contribution >= 0.6 is 46.7 Å². The summed E-state index contributed by atoms with van der Waals surface area (Å²) in [6, 6.07) is 4.38. The Morgan fingerprint density at radius 1 is 1.33 bits per heavy atom. The van der Waals surface area contributed by atoms with E-state index in [9.17, 15) is 0 Å². The number of thiophene rings is 1. The van der Waals surface area contributed by atoms with E-state index in [-0.39, 0.29) is 24.0 Å². The predicted octanol–water partition coefficient (Wildman–Crippen LogP) is 3.75. The molecule has 0 aromatic carbocycles. The van der Waals surface area contributed by atoms with E-state index in [0.29, 0.717) is 0 Å². The molecule has 1 fully saturated rings. The highest BCUT2D eigenvalue weighted by Gasteiger charge is 2.19. The number of piperidine rings is 1. The Labute approximate surface area is 187 Å². The van der Waals surface area contributed by atoms with Crippen molar-refractivity contribution in [3.63, 3.8) is 0 Å². The van der Waals surface area contributed by atoms with Crippen LogP contribution in [0.5, 0.6) is 0 Å². The summed E-state index contributed by atoms with van der Waals surface area (Å²) in [6.45, 7) is 7.46. The molecule has 1 saturated heterocycles. The number of guanidine groups is 1. The van der Waals surface area contributed by atoms with Crippen molar-refractivity contribution < 1.29 is 0 Å². The zero-order chi connectivity index (χ0) is 18.2. The summed E-state index contributed by atoms with van der Waals surface area (Å²) in [7, 11) is 1.84. The first-order valence-electron chi connectivity index (χ1n) is 9.33. The molecule has 0 radical (unpaired) electrons. The molecular formula is C19H30IN5S2. The Bertz CT molecular complexity index is 678. The van der Waals surface area contributed by atoms with E-state index in [2.05, 4.69) is 49.9 Å². The van der Waals surface area contributed by atoms with Crippen molar-refractivity contribution in [2.75, 3.05) is 33.2 Å². The second kappa shape index (κ2) is 12.0. The fourth-order valence-electron chi connectivity index (χ4n) is 3.24. The van der Waals surface area contributed by atoms with Gasteiger partial charge in [-0.15, -0.1) is 46.7 Å². The van der Waals surface area contributed by atoms with Crippen LogP contribution in [0.2, 0.25) is 0 Å². The van der Waals surface area contributed by atoms with Crippen molar-refractivity contribution in [1.82, 2.24) is 20.5 Å². The second-order valence-corrected chi connectivity index (χ2v) is 9.14. The molecule has 0 bridgehead atoms. The summed E-state index contributed by atoms with van der Waals surface area (Å²) >= 11 is 3.63. The molecule has 5 nitrogen and oxygen atoms in total. The lowest BCUT2D eigenvalue weighted by Gasteiger charge is -2.32. The predicted molar refractivity (Wildman–Crippen MR) is 128 cm³/mol. The molecule has 150 valence electrons. The summed E-state index contributed by atoms with van der Waals surface area (Å²) in [5, 5.41) is 10.2. The monoisotopic (exact) mass is 519 g/mol. The number of nitrogens with zero attached hydrogens (tertiary/aromatic N) is 3. The largest absolute Gasteiger partial charge is 0.356 e. The molecule has 3 heterocycles. The van der Waals surface area contributed by atoms with Crippen LogP contribution in [0.1, 0.15) is 27.6 Å².